The molecule has 3 N–H and O–H groups in total. The van der Waals surface area contributed by atoms with E-state index >= 15 is 0 Å². The van der Waals surface area contributed by atoms with Crippen molar-refractivity contribution in [3.63, 3.8) is 0 Å². The molecule has 5 nitrogen and oxygen atoms in total. The number of amides is 1. The molecule has 2 atom stereocenters. The van der Waals surface area contributed by atoms with Gasteiger partial charge in [0.05, 0.1) is 0 Å². The van der Waals surface area contributed by atoms with Crippen LogP contribution < -0.4 is 11.1 Å². The number of carbonyl (C=O) groups is 1. The summed E-state index contributed by atoms with van der Waals surface area (Å²) >= 11 is 0. The van der Waals surface area contributed by atoms with E-state index in [4.69, 9.17) is 5.73 Å². The normalized spacial score (nSPS) is 32.2. The number of rotatable bonds is 4. The second-order valence-corrected chi connectivity index (χ2v) is 8.96. The predicted molar refractivity (Wildman–Crippen MR) is 109 cm³/mol. The van der Waals surface area contributed by atoms with Gasteiger partial charge in [0, 0.05) is 50.4 Å². The molecule has 4 rings (SSSR count). The average Bonchev–Trinajstić information content (AvgIpc) is 2.65. The monoisotopic (exact) mass is 370 g/mol. The Bertz CT molecular complexity index is 624. The van der Waals surface area contributed by atoms with Crippen LogP contribution in [0.2, 0.25) is 0 Å². The summed E-state index contributed by atoms with van der Waals surface area (Å²) in [6.45, 7) is 5.47. The Labute approximate surface area is 163 Å². The Balaban J connectivity index is 1.34. The van der Waals surface area contributed by atoms with Gasteiger partial charge in [-0.15, -0.1) is 0 Å². The molecule has 0 aromatic heterocycles. The Morgan fingerprint density at radius 2 is 1.70 bits per heavy atom. The number of hydrogen-bond donors (Lipinski definition) is 2. The van der Waals surface area contributed by atoms with E-state index in [2.05, 4.69) is 34.3 Å². The second-order valence-electron chi connectivity index (χ2n) is 8.96. The maximum absolute atomic E-state index is 12.8. The Morgan fingerprint density at radius 3 is 2.33 bits per heavy atom. The van der Waals surface area contributed by atoms with Gasteiger partial charge in [0.2, 0.25) is 0 Å². The molecular formula is C22H34N4O. The average molecular weight is 371 g/mol. The molecule has 5 heteroatoms. The van der Waals surface area contributed by atoms with Crippen molar-refractivity contribution < 1.29 is 4.79 Å². The van der Waals surface area contributed by atoms with Gasteiger partial charge in [-0.2, -0.15) is 0 Å². The van der Waals surface area contributed by atoms with E-state index in [9.17, 15) is 4.79 Å². The minimum atomic E-state index is 0.0820. The van der Waals surface area contributed by atoms with Gasteiger partial charge in [0.1, 0.15) is 0 Å². The number of nitrogens with two attached hydrogens (primary N) is 1. The van der Waals surface area contributed by atoms with Gasteiger partial charge in [0.25, 0.3) is 5.91 Å². The summed E-state index contributed by atoms with van der Waals surface area (Å²) in [7, 11) is 2.18. The predicted octanol–water partition coefficient (Wildman–Crippen LogP) is 2.07. The lowest BCUT2D eigenvalue weighted by Gasteiger charge is -2.45. The first-order valence-electron chi connectivity index (χ1n) is 10.6. The standard InChI is InChI=1S/C22H34N4O/c1-25-9-11-26(12-10-25)15-16-5-7-17(8-6-16)22(27)24-21-18-3-2-4-19(21)14-20(23)13-18/h5-8,18-21H,2-4,9-15,23H2,1H3,(H,24,27). The van der Waals surface area contributed by atoms with Crippen molar-refractivity contribution in [2.24, 2.45) is 17.6 Å². The zero-order valence-electron chi connectivity index (χ0n) is 16.6. The third-order valence-electron chi connectivity index (χ3n) is 6.89. The lowest BCUT2D eigenvalue weighted by molar-refractivity contribution is 0.0756. The Hall–Kier alpha value is -1.43. The van der Waals surface area contributed by atoms with Crippen LogP contribution in [0, 0.1) is 11.8 Å². The fraction of sp³-hybridized carbons (Fsp3) is 0.682. The molecule has 1 aliphatic heterocycles. The highest BCUT2D eigenvalue weighted by Gasteiger charge is 2.39. The summed E-state index contributed by atoms with van der Waals surface area (Å²) in [4.78, 5) is 17.7. The first-order chi connectivity index (χ1) is 13.1. The number of hydrogen-bond acceptors (Lipinski definition) is 4. The van der Waals surface area contributed by atoms with Crippen molar-refractivity contribution >= 4 is 5.91 Å². The van der Waals surface area contributed by atoms with Gasteiger partial charge in [-0.05, 0) is 62.3 Å². The van der Waals surface area contributed by atoms with Gasteiger partial charge in [0.15, 0.2) is 0 Å². The number of nitrogens with zero attached hydrogens (tertiary/aromatic N) is 2. The number of carbonyl (C=O) groups excluding carboxylic acids is 1. The van der Waals surface area contributed by atoms with Crippen molar-refractivity contribution in [1.29, 1.82) is 0 Å². The number of benzene rings is 1. The molecule has 2 bridgehead atoms. The van der Waals surface area contributed by atoms with E-state index in [1.165, 1.54) is 24.8 Å². The summed E-state index contributed by atoms with van der Waals surface area (Å²) in [5.74, 6) is 1.21. The van der Waals surface area contributed by atoms with Gasteiger partial charge >= 0.3 is 0 Å². The van der Waals surface area contributed by atoms with Crippen LogP contribution >= 0.6 is 0 Å². The summed E-state index contributed by atoms with van der Waals surface area (Å²) in [5.41, 5.74) is 8.28. The summed E-state index contributed by atoms with van der Waals surface area (Å²) in [6, 6.07) is 8.85. The van der Waals surface area contributed by atoms with Crippen molar-refractivity contribution in [2.45, 2.75) is 50.7 Å². The van der Waals surface area contributed by atoms with Crippen LogP contribution in [0.1, 0.15) is 48.0 Å². The van der Waals surface area contributed by atoms with E-state index < -0.39 is 0 Å². The van der Waals surface area contributed by atoms with Gasteiger partial charge in [-0.25, -0.2) is 0 Å². The van der Waals surface area contributed by atoms with Crippen LogP contribution in [0.25, 0.3) is 0 Å². The minimum absolute atomic E-state index is 0.0820. The van der Waals surface area contributed by atoms with E-state index in [1.54, 1.807) is 0 Å². The minimum Gasteiger partial charge on any atom is -0.349 e. The molecule has 2 saturated carbocycles. The summed E-state index contributed by atoms with van der Waals surface area (Å²) < 4.78 is 0. The number of piperazine rings is 1. The fourth-order valence-electron chi connectivity index (χ4n) is 5.29. The van der Waals surface area contributed by atoms with E-state index in [0.717, 1.165) is 51.1 Å². The molecule has 0 radical (unpaired) electrons. The molecular weight excluding hydrogens is 336 g/mol. The topological polar surface area (TPSA) is 61.6 Å². The molecule has 1 amide bonds. The van der Waals surface area contributed by atoms with E-state index in [-0.39, 0.29) is 5.91 Å². The number of nitrogens with one attached hydrogen (secondary N) is 1. The number of likely N-dealkylation sites (N-methyl/N-ethyl adjacent to an activating group) is 1. The molecule has 1 aromatic carbocycles. The SMILES string of the molecule is CN1CCN(Cc2ccc(C(=O)NC3C4CCCC3CC(N)C4)cc2)CC1. The molecule has 2 unspecified atom stereocenters. The zero-order valence-corrected chi connectivity index (χ0v) is 16.6. The molecule has 0 spiro atoms. The lowest BCUT2D eigenvalue weighted by Crippen LogP contribution is -2.53. The van der Waals surface area contributed by atoms with Crippen LogP contribution in [-0.2, 0) is 6.54 Å². The Morgan fingerprint density at radius 1 is 1.07 bits per heavy atom. The van der Waals surface area contributed by atoms with Crippen molar-refractivity contribution in [3.05, 3.63) is 35.4 Å². The summed E-state index contributed by atoms with van der Waals surface area (Å²) in [5, 5.41) is 3.35. The van der Waals surface area contributed by atoms with E-state index in [0.29, 0.717) is 23.9 Å². The maximum atomic E-state index is 12.8. The van der Waals surface area contributed by atoms with Crippen LogP contribution in [0.4, 0.5) is 0 Å². The first-order valence-corrected chi connectivity index (χ1v) is 10.6. The maximum Gasteiger partial charge on any atom is 0.251 e. The van der Waals surface area contributed by atoms with Crippen molar-refractivity contribution in [2.75, 3.05) is 33.2 Å². The number of fused-ring (bicyclic) bond motifs is 2. The highest BCUT2D eigenvalue weighted by Crippen LogP contribution is 2.39. The van der Waals surface area contributed by atoms with Gasteiger partial charge in [-0.3, -0.25) is 9.69 Å². The highest BCUT2D eigenvalue weighted by molar-refractivity contribution is 5.94. The van der Waals surface area contributed by atoms with Crippen LogP contribution in [0.15, 0.2) is 24.3 Å². The lowest BCUT2D eigenvalue weighted by atomic mass is 9.67. The van der Waals surface area contributed by atoms with E-state index in [1.807, 2.05) is 12.1 Å². The molecule has 1 saturated heterocycles. The molecule has 1 heterocycles. The smallest absolute Gasteiger partial charge is 0.251 e. The third kappa shape index (κ3) is 4.53. The molecule has 2 aliphatic carbocycles. The summed E-state index contributed by atoms with van der Waals surface area (Å²) in [6.07, 6.45) is 5.82. The van der Waals surface area contributed by atoms with Gasteiger partial charge < -0.3 is 16.0 Å². The Kier molecular flexibility index (Phi) is 5.81. The zero-order chi connectivity index (χ0) is 18.8. The molecule has 3 aliphatic rings. The highest BCUT2D eigenvalue weighted by atomic mass is 16.1. The van der Waals surface area contributed by atoms with Crippen molar-refractivity contribution in [1.82, 2.24) is 15.1 Å². The third-order valence-corrected chi connectivity index (χ3v) is 6.89. The largest absolute Gasteiger partial charge is 0.349 e. The van der Waals surface area contributed by atoms with Crippen LogP contribution in [0.3, 0.4) is 0 Å². The molecule has 1 aromatic rings. The van der Waals surface area contributed by atoms with Crippen LogP contribution in [-0.4, -0.2) is 61.0 Å². The quantitative estimate of drug-likeness (QED) is 0.852. The fourth-order valence-corrected chi connectivity index (χ4v) is 5.29. The van der Waals surface area contributed by atoms with Crippen molar-refractivity contribution in [3.8, 4) is 0 Å². The molecule has 27 heavy (non-hydrogen) atoms. The van der Waals surface area contributed by atoms with Crippen LogP contribution in [0.5, 0.6) is 0 Å². The second kappa shape index (κ2) is 8.29. The molecule has 3 fully saturated rings. The van der Waals surface area contributed by atoms with Gasteiger partial charge in [-0.1, -0.05) is 18.6 Å². The molecule has 148 valence electrons. The first kappa shape index (κ1) is 18.9.